The summed E-state index contributed by atoms with van der Waals surface area (Å²) in [6, 6.07) is 0. The van der Waals surface area contributed by atoms with Crippen LogP contribution in [0, 0.1) is 5.41 Å². The predicted molar refractivity (Wildman–Crippen MR) is 116 cm³/mol. The van der Waals surface area contributed by atoms with Crippen molar-refractivity contribution in [1.29, 1.82) is 0 Å². The highest BCUT2D eigenvalue weighted by molar-refractivity contribution is 7.47. The summed E-state index contributed by atoms with van der Waals surface area (Å²) in [6.45, 7) is 13.2. The third kappa shape index (κ3) is 14.2. The van der Waals surface area contributed by atoms with E-state index in [-0.39, 0.29) is 25.4 Å². The van der Waals surface area contributed by atoms with Crippen LogP contribution in [0.3, 0.4) is 0 Å². The number of carbonyl (C=O) groups excluding carboxylic acids is 2. The Morgan fingerprint density at radius 3 is 2.23 bits per heavy atom. The average Bonchev–Trinajstić information content (AvgIpc) is 2.61. The molecule has 0 aliphatic heterocycles. The standard InChI is InChI=1S/C19H38N3O8P/c1-13(2)29-31(26,27)28-12-19(7,8)16(24)17(25)20-10-9-15(23)21-11-14(3)22-30-18(4,5)6/h13,16,24H,9-12H2,1-8H3,(H,20,25)(H,21,23)(H,26,27)/b22-14+. The minimum atomic E-state index is -4.29. The number of hydrogen-bond acceptors (Lipinski definition) is 8. The Bertz CT molecular complexity index is 674. The molecule has 0 saturated heterocycles. The lowest BCUT2D eigenvalue weighted by Gasteiger charge is -2.30. The first kappa shape index (κ1) is 29.5. The van der Waals surface area contributed by atoms with Crippen LogP contribution in [-0.2, 0) is 28.0 Å². The molecule has 4 N–H and O–H groups in total. The van der Waals surface area contributed by atoms with Gasteiger partial charge in [-0.2, -0.15) is 0 Å². The fourth-order valence-corrected chi connectivity index (χ4v) is 3.03. The molecule has 31 heavy (non-hydrogen) atoms. The highest BCUT2D eigenvalue weighted by atomic mass is 31.2. The largest absolute Gasteiger partial charge is 0.472 e. The molecule has 0 heterocycles. The van der Waals surface area contributed by atoms with Gasteiger partial charge in [-0.3, -0.25) is 18.6 Å². The summed E-state index contributed by atoms with van der Waals surface area (Å²) in [5.74, 6) is -1.04. The average molecular weight is 468 g/mol. The van der Waals surface area contributed by atoms with Crippen molar-refractivity contribution in [2.75, 3.05) is 19.7 Å². The second-order valence-corrected chi connectivity index (χ2v) is 10.5. The Balaban J connectivity index is 4.40. The number of rotatable bonds is 13. The van der Waals surface area contributed by atoms with Crippen LogP contribution in [0.1, 0.15) is 61.8 Å². The van der Waals surface area contributed by atoms with Gasteiger partial charge in [-0.1, -0.05) is 19.0 Å². The highest BCUT2D eigenvalue weighted by Gasteiger charge is 2.37. The maximum absolute atomic E-state index is 12.2. The lowest BCUT2D eigenvalue weighted by molar-refractivity contribution is -0.137. The van der Waals surface area contributed by atoms with Crippen LogP contribution in [0.4, 0.5) is 0 Å². The van der Waals surface area contributed by atoms with E-state index in [1.165, 1.54) is 13.8 Å². The summed E-state index contributed by atoms with van der Waals surface area (Å²) in [7, 11) is -4.29. The first-order valence-electron chi connectivity index (χ1n) is 10.0. The molecule has 0 aromatic heterocycles. The van der Waals surface area contributed by atoms with Gasteiger partial charge in [0.15, 0.2) is 0 Å². The number of amides is 2. The predicted octanol–water partition coefficient (Wildman–Crippen LogP) is 1.73. The molecule has 0 radical (unpaired) electrons. The molecule has 11 nitrogen and oxygen atoms in total. The molecule has 0 spiro atoms. The Morgan fingerprint density at radius 1 is 1.13 bits per heavy atom. The molecule has 0 rings (SSSR count). The van der Waals surface area contributed by atoms with Crippen LogP contribution in [0.15, 0.2) is 5.16 Å². The lowest BCUT2D eigenvalue weighted by atomic mass is 9.87. The van der Waals surface area contributed by atoms with Gasteiger partial charge in [-0.15, -0.1) is 0 Å². The number of hydrogen-bond donors (Lipinski definition) is 4. The van der Waals surface area contributed by atoms with E-state index >= 15 is 0 Å². The summed E-state index contributed by atoms with van der Waals surface area (Å²) in [5, 5.41) is 19.3. The molecule has 0 saturated carbocycles. The number of aliphatic hydroxyl groups excluding tert-OH is 1. The number of nitrogens with one attached hydrogen (secondary N) is 2. The van der Waals surface area contributed by atoms with E-state index in [1.807, 2.05) is 20.8 Å². The maximum atomic E-state index is 12.2. The van der Waals surface area contributed by atoms with Gasteiger partial charge >= 0.3 is 7.82 Å². The van der Waals surface area contributed by atoms with E-state index in [9.17, 15) is 24.2 Å². The van der Waals surface area contributed by atoms with Gasteiger partial charge in [0.25, 0.3) is 0 Å². The topological polar surface area (TPSA) is 156 Å². The van der Waals surface area contributed by atoms with Gasteiger partial charge in [-0.05, 0) is 41.5 Å². The van der Waals surface area contributed by atoms with Crippen LogP contribution >= 0.6 is 7.82 Å². The molecule has 2 atom stereocenters. The smallest absolute Gasteiger partial charge is 0.390 e. The normalized spacial score (nSPS) is 15.9. The van der Waals surface area contributed by atoms with Crippen LogP contribution in [-0.4, -0.2) is 65.0 Å². The first-order chi connectivity index (χ1) is 13.9. The summed E-state index contributed by atoms with van der Waals surface area (Å²) in [4.78, 5) is 38.9. The summed E-state index contributed by atoms with van der Waals surface area (Å²) >= 11 is 0. The lowest BCUT2D eigenvalue weighted by Crippen LogP contribution is -2.46. The quantitative estimate of drug-likeness (QED) is 0.181. The summed E-state index contributed by atoms with van der Waals surface area (Å²) < 4.78 is 21.4. The molecule has 12 heteroatoms. The van der Waals surface area contributed by atoms with E-state index in [1.54, 1.807) is 20.8 Å². The SMILES string of the molecule is C/C(CNC(=O)CCNC(=O)C(O)C(C)(C)COP(=O)(O)OC(C)C)=N\OC(C)(C)C. The molecular formula is C19H38N3O8P. The fourth-order valence-electron chi connectivity index (χ4n) is 1.94. The first-order valence-corrected chi connectivity index (χ1v) is 11.5. The summed E-state index contributed by atoms with van der Waals surface area (Å²) in [6.07, 6.45) is -2.06. The minimum absolute atomic E-state index is 0.00228. The molecule has 0 aromatic carbocycles. The van der Waals surface area contributed by atoms with Crippen molar-refractivity contribution in [3.05, 3.63) is 0 Å². The van der Waals surface area contributed by atoms with Gasteiger partial charge in [0.05, 0.1) is 25.0 Å². The van der Waals surface area contributed by atoms with Gasteiger partial charge < -0.3 is 25.5 Å². The molecule has 0 fully saturated rings. The molecule has 0 aliphatic carbocycles. The maximum Gasteiger partial charge on any atom is 0.472 e. The zero-order chi connectivity index (χ0) is 24.5. The number of phosphoric ester groups is 1. The van der Waals surface area contributed by atoms with Crippen LogP contribution < -0.4 is 10.6 Å². The number of oxime groups is 1. The Morgan fingerprint density at radius 2 is 1.71 bits per heavy atom. The second-order valence-electron chi connectivity index (χ2n) is 9.14. The number of phosphoric acid groups is 1. The van der Waals surface area contributed by atoms with E-state index in [0.29, 0.717) is 5.71 Å². The Kier molecular flexibility index (Phi) is 11.9. The van der Waals surface area contributed by atoms with Gasteiger partial charge in [0.2, 0.25) is 11.8 Å². The van der Waals surface area contributed by atoms with Crippen molar-refractivity contribution in [2.45, 2.75) is 79.6 Å². The molecule has 2 unspecified atom stereocenters. The van der Waals surface area contributed by atoms with Gasteiger partial charge in [0, 0.05) is 18.4 Å². The zero-order valence-corrected chi connectivity index (χ0v) is 20.6. The van der Waals surface area contributed by atoms with E-state index < -0.39 is 43.6 Å². The highest BCUT2D eigenvalue weighted by Crippen LogP contribution is 2.46. The summed E-state index contributed by atoms with van der Waals surface area (Å²) in [5.41, 5.74) is -1.01. The monoisotopic (exact) mass is 467 g/mol. The van der Waals surface area contributed by atoms with Crippen molar-refractivity contribution in [1.82, 2.24) is 10.6 Å². The van der Waals surface area contributed by atoms with Crippen molar-refractivity contribution in [3.63, 3.8) is 0 Å². The van der Waals surface area contributed by atoms with Crippen molar-refractivity contribution < 1.29 is 38.0 Å². The van der Waals surface area contributed by atoms with Gasteiger partial charge in [-0.25, -0.2) is 4.57 Å². The third-order valence-corrected chi connectivity index (χ3v) is 4.74. The van der Waals surface area contributed by atoms with E-state index in [4.69, 9.17) is 13.9 Å². The zero-order valence-electron chi connectivity index (χ0n) is 19.7. The molecule has 182 valence electrons. The Hall–Kier alpha value is -1.52. The fraction of sp³-hybridized carbons (Fsp3) is 0.842. The molecule has 0 aromatic rings. The second kappa shape index (κ2) is 12.5. The third-order valence-electron chi connectivity index (χ3n) is 3.60. The van der Waals surface area contributed by atoms with Crippen LogP contribution in [0.2, 0.25) is 0 Å². The van der Waals surface area contributed by atoms with Crippen molar-refractivity contribution in [2.24, 2.45) is 10.6 Å². The molecule has 0 bridgehead atoms. The van der Waals surface area contributed by atoms with Crippen molar-refractivity contribution in [3.8, 4) is 0 Å². The number of aliphatic hydroxyl groups is 1. The molecule has 2 amide bonds. The van der Waals surface area contributed by atoms with E-state index in [0.717, 1.165) is 0 Å². The number of carbonyl (C=O) groups is 2. The van der Waals surface area contributed by atoms with Crippen molar-refractivity contribution >= 4 is 25.3 Å². The van der Waals surface area contributed by atoms with Crippen LogP contribution in [0.25, 0.3) is 0 Å². The van der Waals surface area contributed by atoms with Gasteiger partial charge in [0.1, 0.15) is 11.7 Å². The van der Waals surface area contributed by atoms with E-state index in [2.05, 4.69) is 15.8 Å². The molecule has 0 aliphatic rings. The van der Waals surface area contributed by atoms with Crippen LogP contribution in [0.5, 0.6) is 0 Å². The minimum Gasteiger partial charge on any atom is -0.390 e. The Labute approximate surface area is 184 Å². The molecular weight excluding hydrogens is 429 g/mol. The number of nitrogens with zero attached hydrogens (tertiary/aromatic N) is 1.